The van der Waals surface area contributed by atoms with Gasteiger partial charge in [0.25, 0.3) is 0 Å². The van der Waals surface area contributed by atoms with Crippen LogP contribution in [-0.2, 0) is 4.79 Å². The van der Waals surface area contributed by atoms with Gasteiger partial charge in [0.15, 0.2) is 17.4 Å². The summed E-state index contributed by atoms with van der Waals surface area (Å²) in [6.07, 6.45) is 1.62. The lowest BCUT2D eigenvalue weighted by molar-refractivity contribution is -0.105. The lowest BCUT2D eigenvalue weighted by Crippen LogP contribution is -1.99. The van der Waals surface area contributed by atoms with Gasteiger partial charge < -0.3 is 10.1 Å². The monoisotopic (exact) mass is 284 g/mol. The van der Waals surface area contributed by atoms with E-state index in [2.05, 4.69) is 4.98 Å². The predicted octanol–water partition coefficient (Wildman–Crippen LogP) is 3.37. The number of carbonyl (C=O) groups excluding carboxylic acids is 1. The van der Waals surface area contributed by atoms with Gasteiger partial charge in [-0.15, -0.1) is 0 Å². The second kappa shape index (κ2) is 5.62. The van der Waals surface area contributed by atoms with E-state index in [4.69, 9.17) is 16.3 Å². The van der Waals surface area contributed by atoms with E-state index in [1.54, 1.807) is 0 Å². The molecule has 0 fully saturated rings. The molecule has 0 unspecified atom stereocenters. The Morgan fingerprint density at radius 2 is 2.05 bits per heavy atom. The van der Waals surface area contributed by atoms with Crippen LogP contribution in [0.4, 0.5) is 14.5 Å². The summed E-state index contributed by atoms with van der Waals surface area (Å²) in [6.45, 7) is 0. The lowest BCUT2D eigenvalue weighted by atomic mass is 10.2. The third-order valence-corrected chi connectivity index (χ3v) is 2.37. The van der Waals surface area contributed by atoms with Gasteiger partial charge in [-0.3, -0.25) is 4.79 Å². The quantitative estimate of drug-likeness (QED) is 0.692. The maximum atomic E-state index is 13.6. The predicted molar refractivity (Wildman–Crippen MR) is 65.4 cm³/mol. The minimum atomic E-state index is -0.821. The standard InChI is InChI=1S/C12H7ClF2N2O2/c13-12-3-7(1-2-16-12)19-11-5-8(14)10(17-6-18)4-9(11)15/h1-6H,(H,17,18). The Hall–Kier alpha value is -2.21. The van der Waals surface area contributed by atoms with Crippen LogP contribution in [0.5, 0.6) is 11.5 Å². The number of hydrogen-bond acceptors (Lipinski definition) is 3. The van der Waals surface area contributed by atoms with E-state index in [1.807, 2.05) is 5.32 Å². The molecular weight excluding hydrogens is 278 g/mol. The zero-order valence-corrected chi connectivity index (χ0v) is 10.1. The molecule has 4 nitrogen and oxygen atoms in total. The minimum absolute atomic E-state index is 0.164. The highest BCUT2D eigenvalue weighted by Gasteiger charge is 2.12. The summed E-state index contributed by atoms with van der Waals surface area (Å²) in [5.41, 5.74) is -0.271. The normalized spacial score (nSPS) is 10.1. The van der Waals surface area contributed by atoms with Gasteiger partial charge >= 0.3 is 0 Å². The van der Waals surface area contributed by atoms with Gasteiger partial charge in [0.05, 0.1) is 5.69 Å². The third-order valence-electron chi connectivity index (χ3n) is 2.16. The molecule has 2 aromatic rings. The van der Waals surface area contributed by atoms with Crippen molar-refractivity contribution in [3.05, 3.63) is 47.2 Å². The Balaban J connectivity index is 2.30. The molecule has 98 valence electrons. The van der Waals surface area contributed by atoms with Crippen molar-refractivity contribution in [1.29, 1.82) is 0 Å². The minimum Gasteiger partial charge on any atom is -0.454 e. The van der Waals surface area contributed by atoms with Crippen molar-refractivity contribution in [2.45, 2.75) is 0 Å². The average molecular weight is 285 g/mol. The number of anilines is 1. The summed E-state index contributed by atoms with van der Waals surface area (Å²) in [4.78, 5) is 13.9. The Morgan fingerprint density at radius 3 is 2.74 bits per heavy atom. The molecule has 19 heavy (non-hydrogen) atoms. The highest BCUT2D eigenvalue weighted by Crippen LogP contribution is 2.29. The number of hydrogen-bond donors (Lipinski definition) is 1. The highest BCUT2D eigenvalue weighted by molar-refractivity contribution is 6.29. The SMILES string of the molecule is O=CNc1cc(F)c(Oc2ccnc(Cl)c2)cc1F. The van der Waals surface area contributed by atoms with E-state index in [0.29, 0.717) is 0 Å². The maximum Gasteiger partial charge on any atom is 0.211 e. The maximum absolute atomic E-state index is 13.6. The molecular formula is C12H7ClF2N2O2. The van der Waals surface area contributed by atoms with Crippen LogP contribution in [0.15, 0.2) is 30.5 Å². The first-order valence-corrected chi connectivity index (χ1v) is 5.46. The number of aromatic nitrogens is 1. The number of carbonyl (C=O) groups is 1. The van der Waals surface area contributed by atoms with Crippen molar-refractivity contribution in [3.63, 3.8) is 0 Å². The zero-order chi connectivity index (χ0) is 13.8. The van der Waals surface area contributed by atoms with Gasteiger partial charge in [-0.2, -0.15) is 0 Å². The summed E-state index contributed by atoms with van der Waals surface area (Å²) >= 11 is 5.64. The van der Waals surface area contributed by atoms with Crippen LogP contribution < -0.4 is 10.1 Å². The largest absolute Gasteiger partial charge is 0.454 e. The molecule has 0 saturated heterocycles. The van der Waals surface area contributed by atoms with Gasteiger partial charge in [0.2, 0.25) is 6.41 Å². The number of halogens is 3. The molecule has 2 rings (SSSR count). The molecule has 0 saturated carbocycles. The molecule has 0 aliphatic carbocycles. The Morgan fingerprint density at radius 1 is 1.26 bits per heavy atom. The summed E-state index contributed by atoms with van der Waals surface area (Å²) < 4.78 is 32.3. The number of nitrogens with zero attached hydrogens (tertiary/aromatic N) is 1. The van der Waals surface area contributed by atoms with E-state index >= 15 is 0 Å². The van der Waals surface area contributed by atoms with Crippen LogP contribution in [0, 0.1) is 11.6 Å². The van der Waals surface area contributed by atoms with E-state index < -0.39 is 11.6 Å². The lowest BCUT2D eigenvalue weighted by Gasteiger charge is -2.09. The molecule has 0 radical (unpaired) electrons. The third kappa shape index (κ3) is 3.17. The molecule has 1 heterocycles. The summed E-state index contributed by atoms with van der Waals surface area (Å²) in [5, 5.41) is 2.20. The summed E-state index contributed by atoms with van der Waals surface area (Å²) in [6, 6.07) is 4.45. The fraction of sp³-hybridized carbons (Fsp3) is 0. The molecule has 1 aromatic carbocycles. The Kier molecular flexibility index (Phi) is 3.91. The van der Waals surface area contributed by atoms with E-state index in [-0.39, 0.29) is 28.7 Å². The van der Waals surface area contributed by atoms with Crippen molar-refractivity contribution in [2.24, 2.45) is 0 Å². The first-order chi connectivity index (χ1) is 9.10. The van der Waals surface area contributed by atoms with Gasteiger partial charge in [0, 0.05) is 24.4 Å². The molecule has 0 atom stereocenters. The summed E-state index contributed by atoms with van der Waals surface area (Å²) in [7, 11) is 0. The van der Waals surface area contributed by atoms with Crippen molar-refractivity contribution >= 4 is 23.7 Å². The van der Waals surface area contributed by atoms with E-state index in [1.165, 1.54) is 18.3 Å². The number of pyridine rings is 1. The van der Waals surface area contributed by atoms with Crippen molar-refractivity contribution in [2.75, 3.05) is 5.32 Å². The first-order valence-electron chi connectivity index (χ1n) is 5.09. The van der Waals surface area contributed by atoms with Crippen LogP contribution in [0.3, 0.4) is 0 Å². The number of benzene rings is 1. The Labute approximate surface area is 112 Å². The molecule has 0 spiro atoms. The molecule has 0 bridgehead atoms. The van der Waals surface area contributed by atoms with Crippen LogP contribution in [0.25, 0.3) is 0 Å². The van der Waals surface area contributed by atoms with Crippen LogP contribution in [-0.4, -0.2) is 11.4 Å². The fourth-order valence-corrected chi connectivity index (χ4v) is 1.52. The highest BCUT2D eigenvalue weighted by atomic mass is 35.5. The van der Waals surface area contributed by atoms with Crippen LogP contribution in [0.2, 0.25) is 5.15 Å². The topological polar surface area (TPSA) is 51.2 Å². The second-order valence-corrected chi connectivity index (χ2v) is 3.83. The van der Waals surface area contributed by atoms with Crippen molar-refractivity contribution < 1.29 is 18.3 Å². The average Bonchev–Trinajstić information content (AvgIpc) is 2.36. The molecule has 0 aliphatic heterocycles. The first kappa shape index (κ1) is 13.2. The molecule has 1 aromatic heterocycles. The number of ether oxygens (including phenoxy) is 1. The van der Waals surface area contributed by atoms with E-state index in [0.717, 1.165) is 12.1 Å². The van der Waals surface area contributed by atoms with Gasteiger partial charge in [-0.05, 0) is 6.07 Å². The van der Waals surface area contributed by atoms with Crippen molar-refractivity contribution in [1.82, 2.24) is 4.98 Å². The number of rotatable bonds is 4. The number of amides is 1. The molecule has 1 amide bonds. The number of nitrogens with one attached hydrogen (secondary N) is 1. The van der Waals surface area contributed by atoms with Crippen LogP contribution >= 0.6 is 11.6 Å². The zero-order valence-electron chi connectivity index (χ0n) is 9.36. The smallest absolute Gasteiger partial charge is 0.211 e. The fourth-order valence-electron chi connectivity index (χ4n) is 1.36. The molecule has 7 heteroatoms. The van der Waals surface area contributed by atoms with Gasteiger partial charge in [-0.25, -0.2) is 13.8 Å². The van der Waals surface area contributed by atoms with Crippen LogP contribution in [0.1, 0.15) is 0 Å². The second-order valence-electron chi connectivity index (χ2n) is 3.44. The summed E-state index contributed by atoms with van der Waals surface area (Å²) in [5.74, 6) is -1.74. The van der Waals surface area contributed by atoms with Crippen molar-refractivity contribution in [3.8, 4) is 11.5 Å². The Bertz CT molecular complexity index is 623. The molecule has 0 aliphatic rings. The molecule has 1 N–H and O–H groups in total. The van der Waals surface area contributed by atoms with Gasteiger partial charge in [0.1, 0.15) is 10.9 Å². The van der Waals surface area contributed by atoms with Gasteiger partial charge in [-0.1, -0.05) is 11.6 Å². The van der Waals surface area contributed by atoms with E-state index in [9.17, 15) is 13.6 Å².